The molecule has 0 heterocycles. The summed E-state index contributed by atoms with van der Waals surface area (Å²) >= 11 is 0. The van der Waals surface area contributed by atoms with Crippen LogP contribution in [0.1, 0.15) is 12.5 Å². The Morgan fingerprint density at radius 1 is 1.21 bits per heavy atom. The third-order valence-corrected chi connectivity index (χ3v) is 2.20. The number of hydrogen-bond acceptors (Lipinski definition) is 4. The van der Waals surface area contributed by atoms with Crippen LogP contribution in [-0.2, 0) is 19.1 Å². The predicted octanol–water partition coefficient (Wildman–Crippen LogP) is 1.96. The van der Waals surface area contributed by atoms with Crippen molar-refractivity contribution in [1.29, 1.82) is 0 Å². The largest absolute Gasteiger partial charge is 0.455 e. The lowest BCUT2D eigenvalue weighted by molar-refractivity contribution is -0.141. The zero-order valence-electron chi connectivity index (χ0n) is 10.5. The molecule has 0 bridgehead atoms. The first kappa shape index (κ1) is 14.6. The van der Waals surface area contributed by atoms with Crippen molar-refractivity contribution in [2.45, 2.75) is 6.92 Å². The van der Waals surface area contributed by atoms with E-state index in [1.54, 1.807) is 6.08 Å². The van der Waals surface area contributed by atoms with Crippen LogP contribution >= 0.6 is 0 Å². The zero-order chi connectivity index (χ0) is 14.1. The minimum atomic E-state index is -0.673. The Kier molecular flexibility index (Phi) is 5.95. The van der Waals surface area contributed by atoms with Crippen LogP contribution in [0.4, 0.5) is 0 Å². The van der Waals surface area contributed by atoms with Crippen LogP contribution in [-0.4, -0.2) is 24.6 Å². The van der Waals surface area contributed by atoms with E-state index in [0.29, 0.717) is 6.29 Å². The molecule has 0 radical (unpaired) electrons. The Morgan fingerprint density at radius 2 is 1.89 bits per heavy atom. The number of ether oxygens (including phenoxy) is 1. The molecule has 19 heavy (non-hydrogen) atoms. The molecular weight excluding hydrogens is 244 g/mol. The average molecular weight is 258 g/mol. The lowest BCUT2D eigenvalue weighted by atomic mass is 10.1. The van der Waals surface area contributed by atoms with Gasteiger partial charge in [-0.3, -0.25) is 9.59 Å². The molecule has 0 spiro atoms. The summed E-state index contributed by atoms with van der Waals surface area (Å²) in [6.07, 6.45) is 4.67. The number of rotatable bonds is 6. The second kappa shape index (κ2) is 7.76. The van der Waals surface area contributed by atoms with E-state index < -0.39 is 5.97 Å². The van der Waals surface area contributed by atoms with Gasteiger partial charge in [0.15, 0.2) is 12.1 Å². The highest BCUT2D eigenvalue weighted by molar-refractivity contribution is 6.06. The van der Waals surface area contributed by atoms with E-state index in [2.05, 4.69) is 4.74 Å². The molecule has 0 aliphatic heterocycles. The van der Waals surface area contributed by atoms with Gasteiger partial charge in [0.25, 0.3) is 0 Å². The molecule has 0 amide bonds. The van der Waals surface area contributed by atoms with Gasteiger partial charge in [-0.15, -0.1) is 0 Å². The number of esters is 1. The van der Waals surface area contributed by atoms with Gasteiger partial charge in [-0.1, -0.05) is 36.4 Å². The topological polar surface area (TPSA) is 60.4 Å². The number of benzene rings is 1. The summed E-state index contributed by atoms with van der Waals surface area (Å²) < 4.78 is 4.57. The molecule has 0 fully saturated rings. The van der Waals surface area contributed by atoms with Gasteiger partial charge in [-0.05, 0) is 24.6 Å². The maximum Gasteiger partial charge on any atom is 0.334 e. The molecule has 4 heteroatoms. The summed E-state index contributed by atoms with van der Waals surface area (Å²) in [7, 11) is 0. The fraction of sp³-hybridized carbons (Fsp3) is 0.133. The Labute approximate surface area is 111 Å². The Hall–Kier alpha value is -2.49. The first-order chi connectivity index (χ1) is 9.13. The molecule has 0 unspecified atom stereocenters. The molecule has 0 aliphatic rings. The van der Waals surface area contributed by atoms with Crippen molar-refractivity contribution in [2.75, 3.05) is 6.61 Å². The molecule has 0 N–H and O–H groups in total. The summed E-state index contributed by atoms with van der Waals surface area (Å²) in [6.45, 7) is 1.15. The number of hydrogen-bond donors (Lipinski definition) is 0. The molecule has 1 rings (SSSR count). The fourth-order valence-corrected chi connectivity index (χ4v) is 1.29. The second-order valence-electron chi connectivity index (χ2n) is 3.74. The monoisotopic (exact) mass is 258 g/mol. The SMILES string of the molecule is CC(=CC(=O)C=Cc1ccccc1)C(=O)OCC=O. The summed E-state index contributed by atoms with van der Waals surface area (Å²) in [5.41, 5.74) is 1.05. The van der Waals surface area contributed by atoms with Crippen LogP contribution in [0.15, 0.2) is 48.1 Å². The van der Waals surface area contributed by atoms with Crippen molar-refractivity contribution >= 4 is 24.1 Å². The minimum Gasteiger partial charge on any atom is -0.455 e. The number of carbonyl (C=O) groups excluding carboxylic acids is 3. The van der Waals surface area contributed by atoms with Gasteiger partial charge in [0.05, 0.1) is 0 Å². The van der Waals surface area contributed by atoms with Crippen LogP contribution in [0.25, 0.3) is 6.08 Å². The van der Waals surface area contributed by atoms with E-state index in [-0.39, 0.29) is 18.0 Å². The third-order valence-electron chi connectivity index (χ3n) is 2.20. The second-order valence-corrected chi connectivity index (χ2v) is 3.74. The van der Waals surface area contributed by atoms with Gasteiger partial charge < -0.3 is 4.74 Å². The zero-order valence-corrected chi connectivity index (χ0v) is 10.5. The van der Waals surface area contributed by atoms with Crippen LogP contribution in [0, 0.1) is 0 Å². The maximum atomic E-state index is 11.6. The van der Waals surface area contributed by atoms with Gasteiger partial charge >= 0.3 is 5.97 Å². The molecule has 1 aromatic rings. The Bertz CT molecular complexity index is 512. The van der Waals surface area contributed by atoms with Crippen molar-refractivity contribution in [3.8, 4) is 0 Å². The van der Waals surface area contributed by atoms with Crippen molar-refractivity contribution in [2.24, 2.45) is 0 Å². The fourth-order valence-electron chi connectivity index (χ4n) is 1.29. The quantitative estimate of drug-likeness (QED) is 0.444. The molecule has 0 saturated carbocycles. The van der Waals surface area contributed by atoms with E-state index >= 15 is 0 Å². The molecule has 0 aromatic heterocycles. The first-order valence-electron chi connectivity index (χ1n) is 5.69. The number of ketones is 1. The number of carbonyl (C=O) groups is 3. The molecule has 98 valence electrons. The summed E-state index contributed by atoms with van der Waals surface area (Å²) in [5.74, 6) is -0.988. The molecule has 0 atom stereocenters. The number of allylic oxidation sites excluding steroid dienone is 2. The van der Waals surface area contributed by atoms with Gasteiger partial charge in [0, 0.05) is 5.57 Å². The van der Waals surface area contributed by atoms with Gasteiger partial charge in [-0.25, -0.2) is 4.79 Å². The van der Waals surface area contributed by atoms with Crippen molar-refractivity contribution < 1.29 is 19.1 Å². The average Bonchev–Trinajstić information content (AvgIpc) is 2.43. The van der Waals surface area contributed by atoms with Crippen molar-refractivity contribution in [1.82, 2.24) is 0 Å². The Balaban J connectivity index is 2.61. The summed E-state index contributed by atoms with van der Waals surface area (Å²) in [6, 6.07) is 9.33. The van der Waals surface area contributed by atoms with Crippen molar-refractivity contribution in [3.05, 3.63) is 53.6 Å². The molecule has 4 nitrogen and oxygen atoms in total. The normalized spacial score (nSPS) is 11.3. The highest BCUT2D eigenvalue weighted by Gasteiger charge is 2.06. The van der Waals surface area contributed by atoms with Gasteiger partial charge in [0.1, 0.15) is 6.61 Å². The van der Waals surface area contributed by atoms with Gasteiger partial charge in [0.2, 0.25) is 0 Å². The smallest absolute Gasteiger partial charge is 0.334 e. The van der Waals surface area contributed by atoms with Crippen LogP contribution in [0.2, 0.25) is 0 Å². The standard InChI is InChI=1S/C15H14O4/c1-12(15(18)19-10-9-16)11-14(17)8-7-13-5-3-2-4-6-13/h2-9,11H,10H2,1H3. The predicted molar refractivity (Wildman–Crippen MR) is 71.3 cm³/mol. The van der Waals surface area contributed by atoms with E-state index in [1.165, 1.54) is 19.1 Å². The Morgan fingerprint density at radius 3 is 2.53 bits per heavy atom. The lowest BCUT2D eigenvalue weighted by Crippen LogP contribution is -2.08. The van der Waals surface area contributed by atoms with Crippen LogP contribution in [0.5, 0.6) is 0 Å². The lowest BCUT2D eigenvalue weighted by Gasteiger charge is -1.99. The third kappa shape index (κ3) is 5.59. The van der Waals surface area contributed by atoms with E-state index in [0.717, 1.165) is 5.56 Å². The van der Waals surface area contributed by atoms with E-state index in [1.807, 2.05) is 30.3 Å². The summed E-state index contributed by atoms with van der Waals surface area (Å²) in [4.78, 5) is 32.9. The molecule has 0 aliphatic carbocycles. The highest BCUT2D eigenvalue weighted by Crippen LogP contribution is 2.02. The van der Waals surface area contributed by atoms with Crippen LogP contribution in [0.3, 0.4) is 0 Å². The van der Waals surface area contributed by atoms with Crippen molar-refractivity contribution in [3.63, 3.8) is 0 Å². The molecular formula is C15H14O4. The number of aldehydes is 1. The maximum absolute atomic E-state index is 11.6. The van der Waals surface area contributed by atoms with E-state index in [4.69, 9.17) is 0 Å². The highest BCUT2D eigenvalue weighted by atomic mass is 16.5. The summed E-state index contributed by atoms with van der Waals surface area (Å²) in [5, 5.41) is 0. The van der Waals surface area contributed by atoms with E-state index in [9.17, 15) is 14.4 Å². The molecule has 0 saturated heterocycles. The molecule has 1 aromatic carbocycles. The minimum absolute atomic E-state index is 0.157. The van der Waals surface area contributed by atoms with Gasteiger partial charge in [-0.2, -0.15) is 0 Å². The van der Waals surface area contributed by atoms with Crippen LogP contribution < -0.4 is 0 Å². The first-order valence-corrected chi connectivity index (χ1v) is 5.69.